The number of amides is 1. The number of fused-ring (bicyclic) bond motifs is 2. The number of aromatic nitrogens is 1. The first-order chi connectivity index (χ1) is 13.6. The summed E-state index contributed by atoms with van der Waals surface area (Å²) in [6, 6.07) is 9.69. The van der Waals surface area contributed by atoms with Crippen LogP contribution >= 0.6 is 22.9 Å². The molecule has 152 valence electrons. The monoisotopic (exact) mass is 453 g/mol. The summed E-state index contributed by atoms with van der Waals surface area (Å²) in [5.41, 5.74) is 1.54. The van der Waals surface area contributed by atoms with Crippen LogP contribution in [0.5, 0.6) is 5.75 Å². The fourth-order valence-electron chi connectivity index (χ4n) is 3.11. The van der Waals surface area contributed by atoms with E-state index in [0.717, 1.165) is 32.1 Å². The van der Waals surface area contributed by atoms with E-state index < -0.39 is 22.0 Å². The minimum atomic E-state index is -3.65. The molecule has 0 aliphatic carbocycles. The summed E-state index contributed by atoms with van der Waals surface area (Å²) in [4.78, 5) is 24.5. The van der Waals surface area contributed by atoms with Crippen molar-refractivity contribution in [3.05, 3.63) is 51.1 Å². The first kappa shape index (κ1) is 19.7. The zero-order valence-electron chi connectivity index (χ0n) is 15.4. The lowest BCUT2D eigenvalue weighted by Crippen LogP contribution is -2.48. The molecule has 1 atom stereocenters. The molecule has 2 heterocycles. The van der Waals surface area contributed by atoms with Crippen molar-refractivity contribution in [2.45, 2.75) is 6.10 Å². The summed E-state index contributed by atoms with van der Waals surface area (Å²) < 4.78 is 33.6. The number of nitrogens with zero attached hydrogens (tertiary/aromatic N) is 2. The second-order valence-corrected chi connectivity index (χ2v) is 9.95. The number of hydrogen-bond acceptors (Lipinski definition) is 6. The van der Waals surface area contributed by atoms with E-state index in [0.29, 0.717) is 16.4 Å². The molecule has 0 bridgehead atoms. The molecule has 1 aliphatic rings. The Labute approximate surface area is 175 Å². The third kappa shape index (κ3) is 3.70. The van der Waals surface area contributed by atoms with Crippen molar-refractivity contribution in [1.82, 2.24) is 4.57 Å². The third-order valence-corrected chi connectivity index (χ3v) is 6.92. The van der Waals surface area contributed by atoms with Gasteiger partial charge < -0.3 is 14.6 Å². The van der Waals surface area contributed by atoms with Crippen LogP contribution in [0.2, 0.25) is 5.02 Å². The Balaban J connectivity index is 1.62. The van der Waals surface area contributed by atoms with E-state index in [1.165, 1.54) is 16.7 Å². The van der Waals surface area contributed by atoms with Gasteiger partial charge in [-0.1, -0.05) is 22.9 Å². The van der Waals surface area contributed by atoms with Gasteiger partial charge in [0.05, 0.1) is 28.7 Å². The number of ether oxygens (including phenoxy) is 1. The Morgan fingerprint density at radius 3 is 2.76 bits per heavy atom. The second-order valence-electron chi connectivity index (χ2n) is 6.61. The maximum absolute atomic E-state index is 12.8. The molecule has 0 saturated heterocycles. The molecule has 11 heteroatoms. The van der Waals surface area contributed by atoms with Crippen LogP contribution in [-0.2, 0) is 21.9 Å². The highest BCUT2D eigenvalue weighted by Gasteiger charge is 2.35. The molecule has 1 unspecified atom stereocenters. The number of carbonyl (C=O) groups excluding carboxylic acids is 1. The normalized spacial score (nSPS) is 16.4. The lowest BCUT2D eigenvalue weighted by atomic mass is 10.2. The zero-order chi connectivity index (χ0) is 20.9. The van der Waals surface area contributed by atoms with Gasteiger partial charge in [0, 0.05) is 17.8 Å². The SMILES string of the molecule is Cn1c(=O)sc2cc(NC(=O)C3CN(S(C)(=O)=O)c4cc(Cl)ccc4O3)ccc21. The van der Waals surface area contributed by atoms with Crippen LogP contribution in [-0.4, -0.2) is 37.8 Å². The Morgan fingerprint density at radius 2 is 2.03 bits per heavy atom. The van der Waals surface area contributed by atoms with Crippen LogP contribution in [0, 0.1) is 0 Å². The zero-order valence-corrected chi connectivity index (χ0v) is 17.8. The molecule has 3 aromatic rings. The first-order valence-electron chi connectivity index (χ1n) is 8.48. The lowest BCUT2D eigenvalue weighted by Gasteiger charge is -2.34. The molecule has 0 spiro atoms. The first-order valence-corrected chi connectivity index (χ1v) is 11.5. The van der Waals surface area contributed by atoms with Gasteiger partial charge in [-0.15, -0.1) is 0 Å². The highest BCUT2D eigenvalue weighted by molar-refractivity contribution is 7.92. The van der Waals surface area contributed by atoms with Gasteiger partial charge in [-0.25, -0.2) is 8.42 Å². The quantitative estimate of drug-likeness (QED) is 0.656. The molecule has 1 aliphatic heterocycles. The van der Waals surface area contributed by atoms with Crippen LogP contribution in [0.15, 0.2) is 41.2 Å². The fourth-order valence-corrected chi connectivity index (χ4v) is 5.10. The molecule has 29 heavy (non-hydrogen) atoms. The lowest BCUT2D eigenvalue weighted by molar-refractivity contribution is -0.122. The van der Waals surface area contributed by atoms with E-state index in [4.69, 9.17) is 16.3 Å². The van der Waals surface area contributed by atoms with Gasteiger partial charge in [-0.05, 0) is 36.4 Å². The molecule has 2 aromatic carbocycles. The summed E-state index contributed by atoms with van der Waals surface area (Å²) >= 11 is 7.06. The van der Waals surface area contributed by atoms with E-state index in [1.807, 2.05) is 0 Å². The summed E-state index contributed by atoms with van der Waals surface area (Å²) in [7, 11) is -1.97. The van der Waals surface area contributed by atoms with Crippen molar-refractivity contribution in [2.24, 2.45) is 7.05 Å². The fraction of sp³-hybridized carbons (Fsp3) is 0.222. The van der Waals surface area contributed by atoms with Crippen LogP contribution < -0.4 is 19.2 Å². The molecule has 0 radical (unpaired) electrons. The molecule has 1 amide bonds. The summed E-state index contributed by atoms with van der Waals surface area (Å²) in [5, 5.41) is 3.09. The molecule has 1 aromatic heterocycles. The Bertz CT molecular complexity index is 1300. The van der Waals surface area contributed by atoms with Gasteiger partial charge in [0.1, 0.15) is 5.75 Å². The maximum atomic E-state index is 12.8. The highest BCUT2D eigenvalue weighted by Crippen LogP contribution is 2.37. The number of benzene rings is 2. The predicted molar refractivity (Wildman–Crippen MR) is 114 cm³/mol. The third-order valence-electron chi connectivity index (χ3n) is 4.54. The van der Waals surface area contributed by atoms with Crippen molar-refractivity contribution < 1.29 is 17.9 Å². The standard InChI is InChI=1S/C18H16ClN3O5S2/c1-21-12-5-4-11(8-16(12)28-18(21)24)20-17(23)15-9-22(29(2,25)26)13-7-10(19)3-6-14(13)27-15/h3-8,15H,9H2,1-2H3,(H,20,23). The summed E-state index contributed by atoms with van der Waals surface area (Å²) in [5.74, 6) is -0.246. The Hall–Kier alpha value is -2.56. The molecular weight excluding hydrogens is 438 g/mol. The van der Waals surface area contributed by atoms with Crippen molar-refractivity contribution in [2.75, 3.05) is 22.4 Å². The average molecular weight is 454 g/mol. The number of hydrogen-bond donors (Lipinski definition) is 1. The molecule has 0 saturated carbocycles. The molecule has 0 fully saturated rings. The molecular formula is C18H16ClN3O5S2. The molecule has 1 N–H and O–H groups in total. The summed E-state index contributed by atoms with van der Waals surface area (Å²) in [6.07, 6.45) is 0.00652. The smallest absolute Gasteiger partial charge is 0.307 e. The number of thiazole rings is 1. The van der Waals surface area contributed by atoms with E-state index in [1.54, 1.807) is 31.3 Å². The summed E-state index contributed by atoms with van der Waals surface area (Å²) in [6.45, 7) is -0.182. The predicted octanol–water partition coefficient (Wildman–Crippen LogP) is 2.42. The largest absolute Gasteiger partial charge is 0.476 e. The van der Waals surface area contributed by atoms with Crippen LogP contribution in [0.1, 0.15) is 0 Å². The van der Waals surface area contributed by atoms with Gasteiger partial charge >= 0.3 is 4.87 Å². The highest BCUT2D eigenvalue weighted by atomic mass is 35.5. The number of sulfonamides is 1. The van der Waals surface area contributed by atoms with Crippen molar-refractivity contribution in [3.63, 3.8) is 0 Å². The Kier molecular flexibility index (Phi) is 4.80. The van der Waals surface area contributed by atoms with E-state index in [2.05, 4.69) is 5.32 Å². The number of nitrogens with one attached hydrogen (secondary N) is 1. The second kappa shape index (κ2) is 7.05. The average Bonchev–Trinajstić information content (AvgIpc) is 2.93. The van der Waals surface area contributed by atoms with E-state index in [-0.39, 0.29) is 17.2 Å². The van der Waals surface area contributed by atoms with Crippen molar-refractivity contribution in [3.8, 4) is 5.75 Å². The van der Waals surface area contributed by atoms with Gasteiger partial charge in [-0.2, -0.15) is 0 Å². The van der Waals surface area contributed by atoms with Crippen LogP contribution in [0.25, 0.3) is 10.2 Å². The minimum Gasteiger partial charge on any atom is -0.476 e. The van der Waals surface area contributed by atoms with Crippen LogP contribution in [0.3, 0.4) is 0 Å². The maximum Gasteiger partial charge on any atom is 0.307 e. The van der Waals surface area contributed by atoms with E-state index in [9.17, 15) is 18.0 Å². The van der Waals surface area contributed by atoms with Gasteiger partial charge in [0.2, 0.25) is 10.0 Å². The number of rotatable bonds is 3. The van der Waals surface area contributed by atoms with Gasteiger partial charge in [0.25, 0.3) is 5.91 Å². The molecule has 8 nitrogen and oxygen atoms in total. The van der Waals surface area contributed by atoms with Crippen LogP contribution in [0.4, 0.5) is 11.4 Å². The number of aryl methyl sites for hydroxylation is 1. The van der Waals surface area contributed by atoms with Crippen molar-refractivity contribution >= 4 is 60.5 Å². The van der Waals surface area contributed by atoms with Crippen molar-refractivity contribution in [1.29, 1.82) is 0 Å². The molecule has 4 rings (SSSR count). The number of anilines is 2. The Morgan fingerprint density at radius 1 is 1.28 bits per heavy atom. The van der Waals surface area contributed by atoms with E-state index >= 15 is 0 Å². The van der Waals surface area contributed by atoms with Gasteiger partial charge in [-0.3, -0.25) is 13.9 Å². The topological polar surface area (TPSA) is 97.7 Å². The number of halogens is 1. The van der Waals surface area contributed by atoms with Gasteiger partial charge in [0.15, 0.2) is 6.10 Å². The minimum absolute atomic E-state index is 0.0989. The number of carbonyl (C=O) groups is 1.